The third kappa shape index (κ3) is 1.78. The molecular formula is C8H10FS2Sb. The number of fused-ring (bicyclic) bond motifs is 1. The van der Waals surface area contributed by atoms with Gasteiger partial charge in [-0.2, -0.15) is 0 Å². The van der Waals surface area contributed by atoms with Crippen molar-refractivity contribution in [3.63, 3.8) is 0 Å². The van der Waals surface area contributed by atoms with Crippen LogP contribution in [0.15, 0.2) is 34.1 Å². The molecule has 0 bridgehead atoms. The quantitative estimate of drug-likeness (QED) is 0.664. The van der Waals surface area contributed by atoms with Gasteiger partial charge in [0.1, 0.15) is 0 Å². The molecule has 66 valence electrons. The molecule has 1 heterocycles. The van der Waals surface area contributed by atoms with E-state index < -0.39 is 15.2 Å². The molecule has 12 heavy (non-hydrogen) atoms. The van der Waals surface area contributed by atoms with Crippen LogP contribution in [0.3, 0.4) is 0 Å². The summed E-state index contributed by atoms with van der Waals surface area (Å²) in [7, 11) is 2.99. The van der Waals surface area contributed by atoms with Gasteiger partial charge >= 0.3 is 79.5 Å². The van der Waals surface area contributed by atoms with Gasteiger partial charge in [-0.05, 0) is 0 Å². The van der Waals surface area contributed by atoms with Gasteiger partial charge in [0.05, 0.1) is 0 Å². The maximum atomic E-state index is 14.2. The Balaban J connectivity index is 2.47. The first kappa shape index (κ1) is 9.23. The number of halogens is 1. The summed E-state index contributed by atoms with van der Waals surface area (Å²) in [5.41, 5.74) is 0. The number of benzene rings is 1. The Bertz CT molecular complexity index is 300. The van der Waals surface area contributed by atoms with Crippen molar-refractivity contribution < 1.29 is 2.81 Å². The van der Waals surface area contributed by atoms with Gasteiger partial charge in [-0.25, -0.2) is 0 Å². The van der Waals surface area contributed by atoms with Gasteiger partial charge in [-0.15, -0.1) is 0 Å². The predicted octanol–water partition coefficient (Wildman–Crippen LogP) is 4.01. The molecule has 0 aromatic heterocycles. The Hall–Kier alpha value is 0.668. The number of hydrogen-bond acceptors (Lipinski definition) is 2. The van der Waals surface area contributed by atoms with Crippen LogP contribution in [0.25, 0.3) is 0 Å². The summed E-state index contributed by atoms with van der Waals surface area (Å²) >= 11 is -3.73. The van der Waals surface area contributed by atoms with E-state index in [1.807, 2.05) is 34.0 Å². The number of hydrogen-bond donors (Lipinski definition) is 0. The van der Waals surface area contributed by atoms with E-state index in [4.69, 9.17) is 0 Å². The molecule has 0 aliphatic carbocycles. The number of rotatable bonds is 0. The van der Waals surface area contributed by atoms with Crippen molar-refractivity contribution in [1.29, 1.82) is 0 Å². The summed E-state index contributed by atoms with van der Waals surface area (Å²) in [5.74, 6) is 0. The van der Waals surface area contributed by atoms with Crippen LogP contribution in [0.2, 0.25) is 9.74 Å². The fourth-order valence-electron chi connectivity index (χ4n) is 1.17. The van der Waals surface area contributed by atoms with Crippen LogP contribution in [-0.2, 0) is 0 Å². The molecule has 0 amide bonds. The SMILES string of the molecule is [CH3][Sb]1([CH3])([F])[S]c2ccccc2[S]1. The topological polar surface area (TPSA) is 0 Å². The molecule has 0 saturated carbocycles. The zero-order valence-electron chi connectivity index (χ0n) is 6.95. The van der Waals surface area contributed by atoms with Gasteiger partial charge in [-0.3, -0.25) is 0 Å². The van der Waals surface area contributed by atoms with Crippen LogP contribution in [0.4, 0.5) is 2.81 Å². The van der Waals surface area contributed by atoms with Gasteiger partial charge in [-0.1, -0.05) is 0 Å². The van der Waals surface area contributed by atoms with Crippen molar-refractivity contribution >= 4 is 32.9 Å². The summed E-state index contributed by atoms with van der Waals surface area (Å²) < 4.78 is 14.2. The Morgan fingerprint density at radius 3 is 1.92 bits per heavy atom. The van der Waals surface area contributed by atoms with E-state index in [0.29, 0.717) is 0 Å². The van der Waals surface area contributed by atoms with Gasteiger partial charge in [0.2, 0.25) is 0 Å². The molecular weight excluding hydrogens is 301 g/mol. The fraction of sp³-hybridized carbons (Fsp3) is 0.250. The average Bonchev–Trinajstić information content (AvgIpc) is 2.16. The van der Waals surface area contributed by atoms with E-state index in [1.54, 1.807) is 0 Å². The average molecular weight is 311 g/mol. The molecule has 0 nitrogen and oxygen atoms in total. The minimum atomic E-state index is -3.73. The van der Waals surface area contributed by atoms with Gasteiger partial charge in [0, 0.05) is 0 Å². The zero-order chi connectivity index (χ0) is 8.84. The van der Waals surface area contributed by atoms with E-state index in [2.05, 4.69) is 0 Å². The summed E-state index contributed by atoms with van der Waals surface area (Å²) in [5, 5.41) is 0. The zero-order valence-corrected chi connectivity index (χ0v) is 11.1. The third-order valence-electron chi connectivity index (χ3n) is 1.55. The second-order valence-corrected chi connectivity index (χ2v) is 33.2. The second-order valence-electron chi connectivity index (χ2n) is 3.36. The summed E-state index contributed by atoms with van der Waals surface area (Å²) in [4.78, 5) is 5.92. The van der Waals surface area contributed by atoms with Crippen LogP contribution in [0, 0.1) is 0 Å². The summed E-state index contributed by atoms with van der Waals surface area (Å²) in [6.45, 7) is 0. The van der Waals surface area contributed by atoms with Crippen molar-refractivity contribution in [1.82, 2.24) is 0 Å². The summed E-state index contributed by atoms with van der Waals surface area (Å²) in [6, 6.07) is 7.97. The van der Waals surface area contributed by atoms with Crippen molar-refractivity contribution in [2.75, 3.05) is 0 Å². The van der Waals surface area contributed by atoms with E-state index in [9.17, 15) is 2.81 Å². The van der Waals surface area contributed by atoms with Crippen molar-refractivity contribution in [2.45, 2.75) is 19.5 Å². The normalized spacial score (nSPS) is 27.1. The molecule has 0 N–H and O–H groups in total. The third-order valence-corrected chi connectivity index (χ3v) is 18.9. The Morgan fingerprint density at radius 1 is 1.08 bits per heavy atom. The second kappa shape index (κ2) is 2.58. The molecule has 0 radical (unpaired) electrons. The molecule has 0 fully saturated rings. The first-order chi connectivity index (χ1) is 5.44. The molecule has 2 rings (SSSR count). The minimum absolute atomic E-state index is 1.14. The fourth-order valence-corrected chi connectivity index (χ4v) is 20.7. The van der Waals surface area contributed by atoms with Crippen LogP contribution >= 0.6 is 17.7 Å². The van der Waals surface area contributed by atoms with Gasteiger partial charge < -0.3 is 0 Å². The molecule has 1 aromatic carbocycles. The van der Waals surface area contributed by atoms with Gasteiger partial charge in [0.15, 0.2) is 0 Å². The van der Waals surface area contributed by atoms with E-state index in [-0.39, 0.29) is 0 Å². The van der Waals surface area contributed by atoms with E-state index >= 15 is 0 Å². The predicted molar refractivity (Wildman–Crippen MR) is 56.7 cm³/mol. The van der Waals surface area contributed by atoms with Crippen molar-refractivity contribution in [2.24, 2.45) is 0 Å². The van der Waals surface area contributed by atoms with E-state index in [0.717, 1.165) is 9.79 Å². The van der Waals surface area contributed by atoms with Crippen LogP contribution < -0.4 is 0 Å². The summed E-state index contributed by atoms with van der Waals surface area (Å²) in [6.07, 6.45) is 0. The molecule has 1 aliphatic heterocycles. The van der Waals surface area contributed by atoms with Crippen LogP contribution in [0.1, 0.15) is 0 Å². The van der Waals surface area contributed by atoms with Crippen LogP contribution in [0.5, 0.6) is 0 Å². The van der Waals surface area contributed by atoms with E-state index in [1.165, 1.54) is 17.7 Å². The molecule has 4 heteroatoms. The monoisotopic (exact) mass is 310 g/mol. The van der Waals surface area contributed by atoms with Crippen molar-refractivity contribution in [3.05, 3.63) is 24.3 Å². The Morgan fingerprint density at radius 2 is 1.50 bits per heavy atom. The molecule has 0 spiro atoms. The molecule has 0 unspecified atom stereocenters. The standard InChI is InChI=1S/C6H6S2.2CH3.FH.Sb/c7-5-3-1-2-4-6(5)8;;;;/h1-4,7-8H;2*1H3;1H;/q;;;;+3/p-3. The first-order valence-corrected chi connectivity index (χ1v) is 17.5. The first-order valence-electron chi connectivity index (χ1n) is 3.66. The van der Waals surface area contributed by atoms with Gasteiger partial charge in [0.25, 0.3) is 0 Å². The molecule has 1 aromatic rings. The maximum absolute atomic E-state index is 14.2. The van der Waals surface area contributed by atoms with Crippen molar-refractivity contribution in [3.8, 4) is 0 Å². The molecule has 0 atom stereocenters. The Kier molecular flexibility index (Phi) is 1.99. The van der Waals surface area contributed by atoms with Crippen LogP contribution in [-0.4, -0.2) is 15.2 Å². The molecule has 0 saturated heterocycles. The molecule has 1 aliphatic rings. The Labute approximate surface area is 79.0 Å².